The van der Waals surface area contributed by atoms with Gasteiger partial charge in [0.2, 0.25) is 0 Å². The molecule has 18 heavy (non-hydrogen) atoms. The van der Waals surface area contributed by atoms with E-state index in [1.165, 1.54) is 5.56 Å². The Bertz CT molecular complexity index is 353. The Morgan fingerprint density at radius 1 is 1.28 bits per heavy atom. The Hall–Kier alpha value is -0.900. The topological polar surface area (TPSA) is 26.7 Å². The minimum Gasteiger partial charge on any atom is -0.396 e. The molecule has 0 aromatic heterocycles. The van der Waals surface area contributed by atoms with Crippen LogP contribution in [0.2, 0.25) is 0 Å². The predicted molar refractivity (Wildman–Crippen MR) is 74.4 cm³/mol. The molecule has 1 aliphatic heterocycles. The van der Waals surface area contributed by atoms with Crippen LogP contribution in [0.25, 0.3) is 0 Å². The van der Waals surface area contributed by atoms with Crippen molar-refractivity contribution in [3.05, 3.63) is 35.9 Å². The van der Waals surface area contributed by atoms with E-state index in [0.29, 0.717) is 12.0 Å². The van der Waals surface area contributed by atoms with Crippen molar-refractivity contribution in [2.45, 2.75) is 19.0 Å². The van der Waals surface area contributed by atoms with Gasteiger partial charge in [0.25, 0.3) is 0 Å². The van der Waals surface area contributed by atoms with Crippen molar-refractivity contribution in [3.8, 4) is 0 Å². The van der Waals surface area contributed by atoms with Crippen molar-refractivity contribution in [3.63, 3.8) is 0 Å². The predicted octanol–water partition coefficient (Wildman–Crippen LogP) is 1.43. The van der Waals surface area contributed by atoms with Crippen LogP contribution in [0.1, 0.15) is 12.0 Å². The molecule has 3 heteroatoms. The van der Waals surface area contributed by atoms with Crippen LogP contribution in [0.3, 0.4) is 0 Å². The molecule has 3 nitrogen and oxygen atoms in total. The van der Waals surface area contributed by atoms with Crippen molar-refractivity contribution in [2.75, 3.05) is 33.8 Å². The minimum atomic E-state index is 0.286. The van der Waals surface area contributed by atoms with Crippen molar-refractivity contribution in [1.82, 2.24) is 9.80 Å². The maximum Gasteiger partial charge on any atom is 0.0486 e. The Balaban J connectivity index is 1.93. The van der Waals surface area contributed by atoms with Gasteiger partial charge < -0.3 is 10.0 Å². The number of hydrogen-bond acceptors (Lipinski definition) is 3. The Kier molecular flexibility index (Phi) is 4.75. The lowest BCUT2D eigenvalue weighted by Gasteiger charge is -2.40. The lowest BCUT2D eigenvalue weighted by molar-refractivity contribution is 0.0454. The molecule has 2 atom stereocenters. The zero-order valence-corrected chi connectivity index (χ0v) is 11.4. The zero-order chi connectivity index (χ0) is 13.0. The second-order valence-corrected chi connectivity index (χ2v) is 5.48. The number of nitrogens with zero attached hydrogens (tertiary/aromatic N) is 2. The van der Waals surface area contributed by atoms with Gasteiger partial charge in [-0.05, 0) is 32.6 Å². The SMILES string of the molecule is CN(C)[C@H]1CCN(Cc2ccccc2)C[C@@H]1CO. The van der Waals surface area contributed by atoms with E-state index in [9.17, 15) is 5.11 Å². The zero-order valence-electron chi connectivity index (χ0n) is 11.4. The molecule has 0 amide bonds. The monoisotopic (exact) mass is 248 g/mol. The first kappa shape index (κ1) is 13.5. The summed E-state index contributed by atoms with van der Waals surface area (Å²) in [5, 5.41) is 9.54. The standard InChI is InChI=1S/C15H24N2O/c1-16(2)15-8-9-17(11-14(15)12-18)10-13-6-4-3-5-7-13/h3-7,14-15,18H,8-12H2,1-2H3/t14-,15+/m1/s1. The fourth-order valence-corrected chi connectivity index (χ4v) is 2.94. The molecule has 100 valence electrons. The van der Waals surface area contributed by atoms with Crippen LogP contribution in [0.15, 0.2) is 30.3 Å². The van der Waals surface area contributed by atoms with Crippen LogP contribution in [0.5, 0.6) is 0 Å². The number of piperidine rings is 1. The summed E-state index contributed by atoms with van der Waals surface area (Å²) in [5.41, 5.74) is 1.36. The molecule has 0 spiro atoms. The first-order valence-electron chi connectivity index (χ1n) is 6.74. The quantitative estimate of drug-likeness (QED) is 0.873. The van der Waals surface area contributed by atoms with Gasteiger partial charge in [0, 0.05) is 31.7 Å². The third kappa shape index (κ3) is 3.31. The molecular formula is C15H24N2O. The third-order valence-electron chi connectivity index (χ3n) is 3.92. The van der Waals surface area contributed by atoms with E-state index < -0.39 is 0 Å². The molecule has 1 aromatic rings. The summed E-state index contributed by atoms with van der Waals surface area (Å²) in [7, 11) is 4.22. The molecule has 1 aliphatic rings. The number of aliphatic hydroxyl groups is 1. The van der Waals surface area contributed by atoms with Crippen molar-refractivity contribution in [2.24, 2.45) is 5.92 Å². The van der Waals surface area contributed by atoms with Gasteiger partial charge in [-0.25, -0.2) is 0 Å². The van der Waals surface area contributed by atoms with Gasteiger partial charge in [-0.15, -0.1) is 0 Å². The van der Waals surface area contributed by atoms with Crippen LogP contribution >= 0.6 is 0 Å². The molecule has 0 saturated carbocycles. The molecule has 1 heterocycles. The number of benzene rings is 1. The van der Waals surface area contributed by atoms with E-state index in [1.54, 1.807) is 0 Å². The minimum absolute atomic E-state index is 0.286. The highest BCUT2D eigenvalue weighted by Crippen LogP contribution is 2.21. The lowest BCUT2D eigenvalue weighted by atomic mass is 9.91. The molecule has 0 bridgehead atoms. The van der Waals surface area contributed by atoms with E-state index in [-0.39, 0.29) is 6.61 Å². The molecule has 1 fully saturated rings. The number of likely N-dealkylation sites (tertiary alicyclic amines) is 1. The van der Waals surface area contributed by atoms with Crippen molar-refractivity contribution >= 4 is 0 Å². The van der Waals surface area contributed by atoms with Crippen LogP contribution in [-0.4, -0.2) is 54.7 Å². The average molecular weight is 248 g/mol. The smallest absolute Gasteiger partial charge is 0.0486 e. The summed E-state index contributed by atoms with van der Waals surface area (Å²) < 4.78 is 0. The maximum atomic E-state index is 9.54. The molecule has 2 rings (SSSR count). The Morgan fingerprint density at radius 2 is 2.00 bits per heavy atom. The maximum absolute atomic E-state index is 9.54. The summed E-state index contributed by atoms with van der Waals surface area (Å²) in [6.45, 7) is 3.40. The normalized spacial score (nSPS) is 25.6. The van der Waals surface area contributed by atoms with Gasteiger partial charge in [-0.1, -0.05) is 30.3 Å². The van der Waals surface area contributed by atoms with Crippen LogP contribution in [-0.2, 0) is 6.54 Å². The summed E-state index contributed by atoms with van der Waals surface area (Å²) in [6, 6.07) is 11.1. The van der Waals surface area contributed by atoms with E-state index in [4.69, 9.17) is 0 Å². The number of rotatable bonds is 4. The van der Waals surface area contributed by atoms with Crippen molar-refractivity contribution in [1.29, 1.82) is 0 Å². The van der Waals surface area contributed by atoms with Gasteiger partial charge in [0.1, 0.15) is 0 Å². The van der Waals surface area contributed by atoms with E-state index in [2.05, 4.69) is 54.2 Å². The third-order valence-corrected chi connectivity index (χ3v) is 3.92. The van der Waals surface area contributed by atoms with Crippen LogP contribution in [0, 0.1) is 5.92 Å². The lowest BCUT2D eigenvalue weighted by Crippen LogP contribution is -2.49. The second-order valence-electron chi connectivity index (χ2n) is 5.48. The average Bonchev–Trinajstić information content (AvgIpc) is 2.39. The van der Waals surface area contributed by atoms with Gasteiger partial charge in [-0.2, -0.15) is 0 Å². The molecule has 0 unspecified atom stereocenters. The van der Waals surface area contributed by atoms with E-state index >= 15 is 0 Å². The fraction of sp³-hybridized carbons (Fsp3) is 0.600. The van der Waals surface area contributed by atoms with Gasteiger partial charge >= 0.3 is 0 Å². The number of hydrogen-bond donors (Lipinski definition) is 1. The molecule has 0 radical (unpaired) electrons. The largest absolute Gasteiger partial charge is 0.396 e. The molecular weight excluding hydrogens is 224 g/mol. The molecule has 1 N–H and O–H groups in total. The molecule has 1 aromatic carbocycles. The van der Waals surface area contributed by atoms with Crippen molar-refractivity contribution < 1.29 is 5.11 Å². The second kappa shape index (κ2) is 6.32. The van der Waals surface area contributed by atoms with Gasteiger partial charge in [0.15, 0.2) is 0 Å². The summed E-state index contributed by atoms with van der Waals surface area (Å²) >= 11 is 0. The van der Waals surface area contributed by atoms with E-state index in [0.717, 1.165) is 26.1 Å². The Morgan fingerprint density at radius 3 is 2.61 bits per heavy atom. The number of aliphatic hydroxyl groups excluding tert-OH is 1. The highest BCUT2D eigenvalue weighted by molar-refractivity contribution is 5.14. The first-order valence-corrected chi connectivity index (χ1v) is 6.74. The summed E-state index contributed by atoms with van der Waals surface area (Å²) in [6.07, 6.45) is 1.14. The fourth-order valence-electron chi connectivity index (χ4n) is 2.94. The van der Waals surface area contributed by atoms with E-state index in [1.807, 2.05) is 0 Å². The summed E-state index contributed by atoms with van der Waals surface area (Å²) in [5.74, 6) is 0.373. The van der Waals surface area contributed by atoms with Crippen LogP contribution in [0.4, 0.5) is 0 Å². The molecule has 0 aliphatic carbocycles. The summed E-state index contributed by atoms with van der Waals surface area (Å²) in [4.78, 5) is 4.71. The Labute approximate surface area is 110 Å². The molecule has 1 saturated heterocycles. The highest BCUT2D eigenvalue weighted by Gasteiger charge is 2.29. The van der Waals surface area contributed by atoms with Gasteiger partial charge in [0.05, 0.1) is 0 Å². The highest BCUT2D eigenvalue weighted by atomic mass is 16.3. The first-order chi connectivity index (χ1) is 8.70. The van der Waals surface area contributed by atoms with Crippen LogP contribution < -0.4 is 0 Å². The van der Waals surface area contributed by atoms with Gasteiger partial charge in [-0.3, -0.25) is 4.90 Å².